The molecule has 0 unspecified atom stereocenters. The van der Waals surface area contributed by atoms with Crippen LogP contribution in [0.15, 0.2) is 12.2 Å². The maximum atomic E-state index is 12.9. The van der Waals surface area contributed by atoms with E-state index in [4.69, 9.17) is 9.47 Å². The van der Waals surface area contributed by atoms with Gasteiger partial charge in [-0.1, -0.05) is 60.6 Å². The third-order valence-electron chi connectivity index (χ3n) is 14.8. The van der Waals surface area contributed by atoms with E-state index in [9.17, 15) is 25.2 Å². The minimum absolute atomic E-state index is 0.0478. The maximum absolute atomic E-state index is 12.9. The lowest BCUT2D eigenvalue weighted by Crippen LogP contribution is -2.66. The third kappa shape index (κ3) is 4.05. The number of rotatable bonds is 4. The van der Waals surface area contributed by atoms with Crippen LogP contribution in [0.1, 0.15) is 106 Å². The number of aliphatic hydroxyl groups excluding tert-OH is 3. The van der Waals surface area contributed by atoms with Crippen LogP contribution in [-0.4, -0.2) is 63.7 Å². The van der Waals surface area contributed by atoms with Crippen molar-refractivity contribution in [1.29, 1.82) is 0 Å². The first-order valence-corrected chi connectivity index (χ1v) is 16.7. The number of allylic oxidation sites excluding steroid dienone is 2. The number of aliphatic carboxylic acids is 1. The smallest absolute Gasteiger partial charge is 0.309 e. The summed E-state index contributed by atoms with van der Waals surface area (Å²) in [6.45, 7) is 16.4. The van der Waals surface area contributed by atoms with Crippen molar-refractivity contribution in [3.05, 3.63) is 12.2 Å². The first-order valence-electron chi connectivity index (χ1n) is 16.7. The van der Waals surface area contributed by atoms with Crippen LogP contribution in [0.25, 0.3) is 0 Å². The molecule has 5 aliphatic carbocycles. The molecule has 4 N–H and O–H groups in total. The van der Waals surface area contributed by atoms with Gasteiger partial charge in [-0.05, 0) is 109 Å². The van der Waals surface area contributed by atoms with Crippen molar-refractivity contribution in [2.45, 2.75) is 137 Å². The van der Waals surface area contributed by atoms with E-state index < -0.39 is 36.0 Å². The number of carboxylic acid groups (broad SMARTS) is 1. The van der Waals surface area contributed by atoms with Crippen molar-refractivity contribution in [3.8, 4) is 0 Å². The molecular formula is C35H56O7. The number of ether oxygens (including phenoxy) is 2. The lowest BCUT2D eigenvalue weighted by atomic mass is 9.33. The zero-order valence-electron chi connectivity index (χ0n) is 26.9. The molecule has 7 nitrogen and oxygen atoms in total. The SMILES string of the molecule is CC1(C)CC[C@]2(C(=O)O)CC[C@]3(C)[C@@H](C=C[C@@H]4[C@@]5(C)CC[C@H](O[C@H]6O[C@H](CO)[C@@H](O)[C@@H]6O)C(C)(C)[C@@H]5CC[C@]43C)[C@H]2C1. The lowest BCUT2D eigenvalue weighted by molar-refractivity contribution is -0.261. The first-order chi connectivity index (χ1) is 19.5. The van der Waals surface area contributed by atoms with Gasteiger partial charge < -0.3 is 29.9 Å². The van der Waals surface area contributed by atoms with Gasteiger partial charge in [0.2, 0.25) is 0 Å². The Labute approximate surface area is 252 Å². The highest BCUT2D eigenvalue weighted by Gasteiger charge is 2.70. The molecule has 4 saturated carbocycles. The van der Waals surface area contributed by atoms with Crippen LogP contribution >= 0.6 is 0 Å². The Hall–Kier alpha value is -0.990. The highest BCUT2D eigenvalue weighted by molar-refractivity contribution is 5.75. The molecule has 42 heavy (non-hydrogen) atoms. The predicted octanol–water partition coefficient (Wildman–Crippen LogP) is 5.55. The van der Waals surface area contributed by atoms with Gasteiger partial charge in [0.15, 0.2) is 6.29 Å². The Kier molecular flexibility index (Phi) is 7.20. The van der Waals surface area contributed by atoms with Crippen LogP contribution in [0, 0.1) is 56.2 Å². The second-order valence-corrected chi connectivity index (χ2v) is 17.4. The fourth-order valence-electron chi connectivity index (χ4n) is 12.1. The molecule has 5 fully saturated rings. The van der Waals surface area contributed by atoms with Crippen molar-refractivity contribution in [1.82, 2.24) is 0 Å². The van der Waals surface area contributed by atoms with E-state index in [2.05, 4.69) is 60.6 Å². The predicted molar refractivity (Wildman–Crippen MR) is 159 cm³/mol. The monoisotopic (exact) mass is 588 g/mol. The van der Waals surface area contributed by atoms with Gasteiger partial charge in [0, 0.05) is 0 Å². The summed E-state index contributed by atoms with van der Waals surface area (Å²) >= 11 is 0. The van der Waals surface area contributed by atoms with E-state index in [0.29, 0.717) is 11.8 Å². The summed E-state index contributed by atoms with van der Waals surface area (Å²) in [4.78, 5) is 12.9. The molecule has 7 heteroatoms. The highest BCUT2D eigenvalue weighted by atomic mass is 16.7. The topological polar surface area (TPSA) is 116 Å². The molecule has 1 aliphatic heterocycles. The van der Waals surface area contributed by atoms with Crippen LogP contribution in [0.2, 0.25) is 0 Å². The van der Waals surface area contributed by atoms with Gasteiger partial charge in [0.05, 0.1) is 18.1 Å². The molecule has 0 bridgehead atoms. The largest absolute Gasteiger partial charge is 0.481 e. The zero-order valence-corrected chi connectivity index (χ0v) is 26.9. The molecule has 0 spiro atoms. The van der Waals surface area contributed by atoms with Crippen LogP contribution in [0.4, 0.5) is 0 Å². The van der Waals surface area contributed by atoms with Crippen molar-refractivity contribution < 1.29 is 34.7 Å². The number of aliphatic hydroxyl groups is 3. The van der Waals surface area contributed by atoms with Crippen molar-refractivity contribution >= 4 is 5.97 Å². The van der Waals surface area contributed by atoms with Crippen molar-refractivity contribution in [2.75, 3.05) is 6.61 Å². The van der Waals surface area contributed by atoms with Gasteiger partial charge in [-0.3, -0.25) is 4.79 Å². The molecule has 1 heterocycles. The summed E-state index contributed by atoms with van der Waals surface area (Å²) in [5.74, 6) is 0.680. The Bertz CT molecular complexity index is 1120. The first kappa shape index (κ1) is 31.0. The van der Waals surface area contributed by atoms with E-state index in [1.54, 1.807) is 0 Å². The normalized spacial score (nSPS) is 54.3. The fraction of sp³-hybridized carbons (Fsp3) is 0.914. The summed E-state index contributed by atoms with van der Waals surface area (Å²) in [7, 11) is 0. The Morgan fingerprint density at radius 1 is 0.881 bits per heavy atom. The van der Waals surface area contributed by atoms with Crippen molar-refractivity contribution in [2.24, 2.45) is 56.2 Å². The second kappa shape index (κ2) is 9.75. The summed E-state index contributed by atoms with van der Waals surface area (Å²) in [6.07, 6.45) is 9.35. The Morgan fingerprint density at radius 2 is 1.57 bits per heavy atom. The van der Waals surface area contributed by atoms with Gasteiger partial charge in [0.1, 0.15) is 18.3 Å². The quantitative estimate of drug-likeness (QED) is 0.318. The number of hydrogen-bond donors (Lipinski definition) is 4. The number of hydrogen-bond acceptors (Lipinski definition) is 6. The van der Waals surface area contributed by atoms with E-state index in [1.165, 1.54) is 0 Å². The van der Waals surface area contributed by atoms with E-state index in [0.717, 1.165) is 57.8 Å². The second-order valence-electron chi connectivity index (χ2n) is 17.4. The average Bonchev–Trinajstić information content (AvgIpc) is 3.18. The van der Waals surface area contributed by atoms with Gasteiger partial charge in [-0.25, -0.2) is 0 Å². The minimum atomic E-state index is -1.17. The molecule has 0 aromatic carbocycles. The molecule has 6 rings (SSSR count). The summed E-state index contributed by atoms with van der Waals surface area (Å²) in [5.41, 5.74) is -0.409. The number of carbonyl (C=O) groups is 1. The molecule has 238 valence electrons. The van der Waals surface area contributed by atoms with Gasteiger partial charge in [0.25, 0.3) is 0 Å². The van der Waals surface area contributed by atoms with Gasteiger partial charge >= 0.3 is 5.97 Å². The van der Waals surface area contributed by atoms with Crippen LogP contribution in [-0.2, 0) is 14.3 Å². The fourth-order valence-corrected chi connectivity index (χ4v) is 12.1. The average molecular weight is 589 g/mol. The maximum Gasteiger partial charge on any atom is 0.309 e. The van der Waals surface area contributed by atoms with Gasteiger partial charge in [-0.2, -0.15) is 0 Å². The highest BCUT2D eigenvalue weighted by Crippen LogP contribution is 2.75. The van der Waals surface area contributed by atoms with Crippen LogP contribution in [0.5, 0.6) is 0 Å². The molecule has 0 aromatic heterocycles. The van der Waals surface area contributed by atoms with E-state index >= 15 is 0 Å². The van der Waals surface area contributed by atoms with E-state index in [1.807, 2.05) is 0 Å². The molecular weight excluding hydrogens is 532 g/mol. The van der Waals surface area contributed by atoms with Crippen LogP contribution < -0.4 is 0 Å². The lowest BCUT2D eigenvalue weighted by Gasteiger charge is -2.71. The zero-order chi connectivity index (χ0) is 30.7. The summed E-state index contributed by atoms with van der Waals surface area (Å²) in [5, 5.41) is 41.0. The van der Waals surface area contributed by atoms with Crippen LogP contribution in [0.3, 0.4) is 0 Å². The minimum Gasteiger partial charge on any atom is -0.481 e. The van der Waals surface area contributed by atoms with E-state index in [-0.39, 0.29) is 51.6 Å². The molecule has 13 atom stereocenters. The Balaban J connectivity index is 1.30. The number of carboxylic acids is 1. The van der Waals surface area contributed by atoms with Crippen molar-refractivity contribution in [3.63, 3.8) is 0 Å². The standard InChI is InChI=1S/C35H56O7/c1-30(2)14-16-35(29(39)40)17-15-33(6)20(21(35)18-30)8-9-24-32(5)12-11-25(31(3,4)23(32)10-13-34(24,33)7)42-28-27(38)26(37)22(19-36)41-28/h8-9,20-28,36-38H,10-19H2,1-7H3,(H,39,40)/t20-,21+,22+,23-,24+,25-,26+,27-,28+,32-,33+,34+,35-/m0/s1. The Morgan fingerprint density at radius 3 is 2.21 bits per heavy atom. The number of fused-ring (bicyclic) bond motifs is 7. The summed E-state index contributed by atoms with van der Waals surface area (Å²) < 4.78 is 12.2. The van der Waals surface area contributed by atoms with Gasteiger partial charge in [-0.15, -0.1) is 0 Å². The molecule has 1 saturated heterocycles. The molecule has 0 radical (unpaired) electrons. The summed E-state index contributed by atoms with van der Waals surface area (Å²) in [6, 6.07) is 0. The molecule has 0 amide bonds. The third-order valence-corrected chi connectivity index (χ3v) is 14.8. The molecule has 6 aliphatic rings. The molecule has 0 aromatic rings.